The highest BCUT2D eigenvalue weighted by molar-refractivity contribution is 5.76. The summed E-state index contributed by atoms with van der Waals surface area (Å²) in [4.78, 5) is 11.7. The zero-order valence-electron chi connectivity index (χ0n) is 10.8. The Balaban J connectivity index is 2.96. The van der Waals surface area contributed by atoms with Crippen molar-refractivity contribution in [2.75, 3.05) is 7.11 Å². The highest BCUT2D eigenvalue weighted by Crippen LogP contribution is 2.26. The smallest absolute Gasteiger partial charge is 0.321 e. The number of esters is 1. The number of ether oxygens (including phenoxy) is 1. The molecule has 1 rings (SSSR count). The van der Waals surface area contributed by atoms with E-state index in [0.29, 0.717) is 0 Å². The predicted octanol–water partition coefficient (Wildman–Crippen LogP) is 2.87. The lowest BCUT2D eigenvalue weighted by molar-refractivity contribution is -0.146. The SMILES string of the molecule is COC(=O)C(C#Cc1ccccc1)C(C)(C)C. The number of carbonyl (C=O) groups is 1. The summed E-state index contributed by atoms with van der Waals surface area (Å²) in [6, 6.07) is 9.63. The van der Waals surface area contributed by atoms with Crippen LogP contribution in [0, 0.1) is 23.2 Å². The molecule has 0 aliphatic heterocycles. The molecule has 0 saturated heterocycles. The summed E-state index contributed by atoms with van der Waals surface area (Å²) in [5.74, 6) is 5.33. The van der Waals surface area contributed by atoms with E-state index >= 15 is 0 Å². The van der Waals surface area contributed by atoms with E-state index in [2.05, 4.69) is 11.8 Å². The van der Waals surface area contributed by atoms with Crippen LogP contribution in [-0.2, 0) is 9.53 Å². The largest absolute Gasteiger partial charge is 0.468 e. The summed E-state index contributed by atoms with van der Waals surface area (Å²) in [5.41, 5.74) is 0.681. The van der Waals surface area contributed by atoms with Gasteiger partial charge >= 0.3 is 5.97 Å². The first kappa shape index (κ1) is 13.3. The second-order valence-electron chi connectivity index (χ2n) is 4.96. The monoisotopic (exact) mass is 230 g/mol. The van der Waals surface area contributed by atoms with Crippen LogP contribution in [0.3, 0.4) is 0 Å². The average molecular weight is 230 g/mol. The molecule has 0 saturated carbocycles. The van der Waals surface area contributed by atoms with Crippen molar-refractivity contribution in [2.45, 2.75) is 20.8 Å². The summed E-state index contributed by atoms with van der Waals surface area (Å²) in [6.07, 6.45) is 0. The first-order valence-electron chi connectivity index (χ1n) is 5.59. The molecule has 90 valence electrons. The standard InChI is InChI=1S/C15H18O2/c1-15(2,3)13(14(16)17-4)11-10-12-8-6-5-7-9-12/h5-9,13H,1-4H3. The van der Waals surface area contributed by atoms with Gasteiger partial charge < -0.3 is 4.74 Å². The third-order valence-corrected chi connectivity index (χ3v) is 2.44. The molecule has 0 fully saturated rings. The summed E-state index contributed by atoms with van der Waals surface area (Å²) in [5, 5.41) is 0. The Kier molecular flexibility index (Phi) is 4.34. The second-order valence-corrected chi connectivity index (χ2v) is 4.96. The Morgan fingerprint density at radius 2 is 1.82 bits per heavy atom. The van der Waals surface area contributed by atoms with Crippen molar-refractivity contribution in [3.05, 3.63) is 35.9 Å². The second kappa shape index (κ2) is 5.54. The number of benzene rings is 1. The van der Waals surface area contributed by atoms with Gasteiger partial charge in [-0.2, -0.15) is 0 Å². The van der Waals surface area contributed by atoms with Crippen LogP contribution in [-0.4, -0.2) is 13.1 Å². The molecule has 0 bridgehead atoms. The Labute approximate surface area is 103 Å². The molecular formula is C15H18O2. The minimum Gasteiger partial charge on any atom is -0.468 e. The van der Waals surface area contributed by atoms with Crippen LogP contribution in [0.4, 0.5) is 0 Å². The minimum absolute atomic E-state index is 0.227. The van der Waals surface area contributed by atoms with Gasteiger partial charge in [0.15, 0.2) is 0 Å². The first-order valence-corrected chi connectivity index (χ1v) is 5.59. The molecule has 1 aromatic carbocycles. The first-order chi connectivity index (χ1) is 7.95. The van der Waals surface area contributed by atoms with Crippen LogP contribution in [0.25, 0.3) is 0 Å². The molecule has 0 aromatic heterocycles. The van der Waals surface area contributed by atoms with Crippen molar-refractivity contribution < 1.29 is 9.53 Å². The Morgan fingerprint density at radius 3 is 2.29 bits per heavy atom. The summed E-state index contributed by atoms with van der Waals surface area (Å²) in [6.45, 7) is 5.94. The van der Waals surface area contributed by atoms with Crippen LogP contribution in [0.15, 0.2) is 30.3 Å². The van der Waals surface area contributed by atoms with E-state index in [0.717, 1.165) is 5.56 Å². The zero-order valence-corrected chi connectivity index (χ0v) is 10.8. The van der Waals surface area contributed by atoms with Gasteiger partial charge in [-0.15, -0.1) is 0 Å². The molecular weight excluding hydrogens is 212 g/mol. The molecule has 2 nitrogen and oxygen atoms in total. The molecule has 0 aliphatic rings. The normalized spacial score (nSPS) is 12.2. The van der Waals surface area contributed by atoms with Gasteiger partial charge in [0.1, 0.15) is 5.92 Å². The highest BCUT2D eigenvalue weighted by Gasteiger charge is 2.30. The molecule has 1 unspecified atom stereocenters. The lowest BCUT2D eigenvalue weighted by atomic mass is 9.81. The van der Waals surface area contributed by atoms with Gasteiger partial charge in [-0.25, -0.2) is 0 Å². The van der Waals surface area contributed by atoms with E-state index in [1.54, 1.807) is 0 Å². The lowest BCUT2D eigenvalue weighted by Crippen LogP contribution is -2.28. The van der Waals surface area contributed by atoms with Crippen LogP contribution in [0.1, 0.15) is 26.3 Å². The van der Waals surface area contributed by atoms with Crippen molar-refractivity contribution in [2.24, 2.45) is 11.3 Å². The third-order valence-electron chi connectivity index (χ3n) is 2.44. The fourth-order valence-corrected chi connectivity index (χ4v) is 1.42. The van der Waals surface area contributed by atoms with Crippen molar-refractivity contribution in [1.29, 1.82) is 0 Å². The summed E-state index contributed by atoms with van der Waals surface area (Å²) >= 11 is 0. The third kappa shape index (κ3) is 3.96. The average Bonchev–Trinajstić information content (AvgIpc) is 2.28. The van der Waals surface area contributed by atoms with E-state index in [1.165, 1.54) is 7.11 Å². The molecule has 0 spiro atoms. The van der Waals surface area contributed by atoms with Gasteiger partial charge in [-0.1, -0.05) is 50.8 Å². The van der Waals surface area contributed by atoms with E-state index in [9.17, 15) is 4.79 Å². The maximum absolute atomic E-state index is 11.7. The Morgan fingerprint density at radius 1 is 1.24 bits per heavy atom. The van der Waals surface area contributed by atoms with E-state index in [-0.39, 0.29) is 11.4 Å². The van der Waals surface area contributed by atoms with Crippen LogP contribution in [0.5, 0.6) is 0 Å². The number of hydrogen-bond donors (Lipinski definition) is 0. The fraction of sp³-hybridized carbons (Fsp3) is 0.400. The number of carbonyl (C=O) groups excluding carboxylic acids is 1. The lowest BCUT2D eigenvalue weighted by Gasteiger charge is -2.23. The van der Waals surface area contributed by atoms with Crippen molar-refractivity contribution in [3.63, 3.8) is 0 Å². The summed E-state index contributed by atoms with van der Waals surface area (Å²) < 4.78 is 4.79. The minimum atomic E-state index is -0.410. The van der Waals surface area contributed by atoms with E-state index in [4.69, 9.17) is 4.74 Å². The fourth-order valence-electron chi connectivity index (χ4n) is 1.42. The molecule has 0 amide bonds. The maximum Gasteiger partial charge on any atom is 0.321 e. The Bertz CT molecular complexity index is 429. The van der Waals surface area contributed by atoms with Gasteiger partial charge in [0.2, 0.25) is 0 Å². The molecule has 17 heavy (non-hydrogen) atoms. The van der Waals surface area contributed by atoms with Gasteiger partial charge in [-0.3, -0.25) is 4.79 Å². The van der Waals surface area contributed by atoms with E-state index in [1.807, 2.05) is 51.1 Å². The molecule has 1 atom stereocenters. The van der Waals surface area contributed by atoms with Gasteiger partial charge in [0.25, 0.3) is 0 Å². The molecule has 2 heteroatoms. The van der Waals surface area contributed by atoms with Gasteiger partial charge in [0.05, 0.1) is 7.11 Å². The maximum atomic E-state index is 11.7. The van der Waals surface area contributed by atoms with Crippen LogP contribution >= 0.6 is 0 Å². The Hall–Kier alpha value is -1.75. The van der Waals surface area contributed by atoms with Crippen molar-refractivity contribution >= 4 is 5.97 Å². The predicted molar refractivity (Wildman–Crippen MR) is 68.3 cm³/mol. The van der Waals surface area contributed by atoms with Crippen LogP contribution < -0.4 is 0 Å². The van der Waals surface area contributed by atoms with E-state index < -0.39 is 5.92 Å². The van der Waals surface area contributed by atoms with Gasteiger partial charge in [-0.05, 0) is 17.5 Å². The molecule has 1 aromatic rings. The topological polar surface area (TPSA) is 26.3 Å². The van der Waals surface area contributed by atoms with Gasteiger partial charge in [0, 0.05) is 5.56 Å². The number of rotatable bonds is 1. The molecule has 0 heterocycles. The van der Waals surface area contributed by atoms with Crippen molar-refractivity contribution in [1.82, 2.24) is 0 Å². The quantitative estimate of drug-likeness (QED) is 0.547. The molecule has 0 N–H and O–H groups in total. The number of methoxy groups -OCH3 is 1. The highest BCUT2D eigenvalue weighted by atomic mass is 16.5. The molecule has 0 aliphatic carbocycles. The number of hydrogen-bond acceptors (Lipinski definition) is 2. The zero-order chi connectivity index (χ0) is 12.9. The summed E-state index contributed by atoms with van der Waals surface area (Å²) in [7, 11) is 1.39. The molecule has 0 radical (unpaired) electrons. The van der Waals surface area contributed by atoms with Crippen molar-refractivity contribution in [3.8, 4) is 11.8 Å². The van der Waals surface area contributed by atoms with Crippen LogP contribution in [0.2, 0.25) is 0 Å².